The smallest absolute Gasteiger partial charge is 0.261 e. The van der Waals surface area contributed by atoms with Crippen LogP contribution in [0.15, 0.2) is 35.3 Å². The maximum Gasteiger partial charge on any atom is 0.261 e. The number of nitrogens with one attached hydrogen (secondary N) is 2. The number of hydrogen-bond acceptors (Lipinski definition) is 2. The third-order valence-electron chi connectivity index (χ3n) is 3.97. The molecule has 0 aliphatic heterocycles. The van der Waals surface area contributed by atoms with E-state index in [-0.39, 0.29) is 11.0 Å². The predicted molar refractivity (Wildman–Crippen MR) is 87.7 cm³/mol. The SMILES string of the molecule is O=C(Nc1ccc(Cl)cc1)c1c[nH]c2c(c1=O)CCCCC2. The average Bonchev–Trinajstić information content (AvgIpc) is 2.76. The van der Waals surface area contributed by atoms with Crippen LogP contribution in [0.1, 0.15) is 40.9 Å². The van der Waals surface area contributed by atoms with Gasteiger partial charge in [0.1, 0.15) is 5.56 Å². The molecule has 5 heteroatoms. The molecule has 1 aliphatic rings. The summed E-state index contributed by atoms with van der Waals surface area (Å²) < 4.78 is 0. The van der Waals surface area contributed by atoms with Gasteiger partial charge in [0.2, 0.25) is 0 Å². The first-order chi connectivity index (χ1) is 10.6. The molecule has 0 radical (unpaired) electrons. The molecule has 1 amide bonds. The highest BCUT2D eigenvalue weighted by molar-refractivity contribution is 6.30. The first kappa shape index (κ1) is 14.9. The van der Waals surface area contributed by atoms with Crippen LogP contribution in [0.4, 0.5) is 5.69 Å². The highest BCUT2D eigenvalue weighted by Gasteiger charge is 2.18. The molecule has 0 unspecified atom stereocenters. The second-order valence-corrected chi connectivity index (χ2v) is 5.95. The lowest BCUT2D eigenvalue weighted by atomic mass is 10.1. The number of fused-ring (bicyclic) bond motifs is 1. The van der Waals surface area contributed by atoms with Crippen molar-refractivity contribution < 1.29 is 4.79 Å². The lowest BCUT2D eigenvalue weighted by Gasteiger charge is -2.09. The number of carbonyl (C=O) groups excluding carboxylic acids is 1. The molecule has 3 rings (SSSR count). The third-order valence-corrected chi connectivity index (χ3v) is 4.23. The van der Waals surface area contributed by atoms with E-state index in [2.05, 4.69) is 10.3 Å². The molecule has 0 bridgehead atoms. The second kappa shape index (κ2) is 6.36. The van der Waals surface area contributed by atoms with Gasteiger partial charge in [0.15, 0.2) is 5.43 Å². The average molecular weight is 317 g/mol. The van der Waals surface area contributed by atoms with Crippen LogP contribution in [0.5, 0.6) is 0 Å². The number of aromatic amines is 1. The van der Waals surface area contributed by atoms with E-state index in [1.54, 1.807) is 24.3 Å². The van der Waals surface area contributed by atoms with Gasteiger partial charge in [0, 0.05) is 28.2 Å². The number of amides is 1. The normalized spacial score (nSPS) is 14.0. The quantitative estimate of drug-likeness (QED) is 0.832. The van der Waals surface area contributed by atoms with E-state index in [1.165, 1.54) is 6.20 Å². The molecule has 2 N–H and O–H groups in total. The van der Waals surface area contributed by atoms with Crippen LogP contribution >= 0.6 is 11.6 Å². The van der Waals surface area contributed by atoms with Crippen molar-refractivity contribution >= 4 is 23.2 Å². The van der Waals surface area contributed by atoms with E-state index >= 15 is 0 Å². The molecule has 114 valence electrons. The molecule has 1 aliphatic carbocycles. The van der Waals surface area contributed by atoms with Crippen LogP contribution in [0, 0.1) is 0 Å². The Balaban J connectivity index is 1.88. The van der Waals surface area contributed by atoms with Crippen molar-refractivity contribution in [1.29, 1.82) is 0 Å². The molecule has 0 spiro atoms. The van der Waals surface area contributed by atoms with E-state index in [0.29, 0.717) is 10.7 Å². The molecular weight excluding hydrogens is 300 g/mol. The predicted octanol–water partition coefficient (Wildman–Crippen LogP) is 3.55. The molecule has 0 saturated heterocycles. The first-order valence-corrected chi connectivity index (χ1v) is 7.83. The Morgan fingerprint density at radius 1 is 1.09 bits per heavy atom. The van der Waals surface area contributed by atoms with Crippen molar-refractivity contribution in [1.82, 2.24) is 4.98 Å². The fraction of sp³-hybridized carbons (Fsp3) is 0.294. The number of H-pyrrole nitrogens is 1. The van der Waals surface area contributed by atoms with Gasteiger partial charge in [0.25, 0.3) is 5.91 Å². The molecule has 0 atom stereocenters. The Morgan fingerprint density at radius 3 is 2.59 bits per heavy atom. The van der Waals surface area contributed by atoms with Crippen molar-refractivity contribution in [3.8, 4) is 0 Å². The van der Waals surface area contributed by atoms with Gasteiger partial charge in [-0.2, -0.15) is 0 Å². The van der Waals surface area contributed by atoms with Gasteiger partial charge in [-0.3, -0.25) is 9.59 Å². The monoisotopic (exact) mass is 316 g/mol. The Kier molecular flexibility index (Phi) is 4.29. The van der Waals surface area contributed by atoms with Crippen molar-refractivity contribution in [2.24, 2.45) is 0 Å². The molecule has 0 saturated carbocycles. The Hall–Kier alpha value is -2.07. The Bertz CT molecular complexity index is 750. The highest BCUT2D eigenvalue weighted by Crippen LogP contribution is 2.17. The zero-order valence-corrected chi connectivity index (χ0v) is 12.9. The van der Waals surface area contributed by atoms with Gasteiger partial charge in [0.05, 0.1) is 0 Å². The fourth-order valence-corrected chi connectivity index (χ4v) is 2.91. The number of carbonyl (C=O) groups is 1. The molecule has 1 aromatic carbocycles. The molecule has 22 heavy (non-hydrogen) atoms. The van der Waals surface area contributed by atoms with Gasteiger partial charge in [-0.05, 0) is 49.9 Å². The molecule has 4 nitrogen and oxygen atoms in total. The van der Waals surface area contributed by atoms with Crippen LogP contribution in [0.25, 0.3) is 0 Å². The zero-order chi connectivity index (χ0) is 15.5. The van der Waals surface area contributed by atoms with E-state index in [9.17, 15) is 9.59 Å². The summed E-state index contributed by atoms with van der Waals surface area (Å²) in [5.41, 5.74) is 2.37. The van der Waals surface area contributed by atoms with E-state index in [0.717, 1.165) is 43.4 Å². The van der Waals surface area contributed by atoms with Gasteiger partial charge < -0.3 is 10.3 Å². The summed E-state index contributed by atoms with van der Waals surface area (Å²) in [6.07, 6.45) is 6.35. The van der Waals surface area contributed by atoms with Gasteiger partial charge >= 0.3 is 0 Å². The van der Waals surface area contributed by atoms with Crippen molar-refractivity contribution in [2.45, 2.75) is 32.1 Å². The number of hydrogen-bond donors (Lipinski definition) is 2. The minimum absolute atomic E-state index is 0.151. The summed E-state index contributed by atoms with van der Waals surface area (Å²) in [5, 5.41) is 3.33. The number of anilines is 1. The molecule has 2 aromatic rings. The lowest BCUT2D eigenvalue weighted by Crippen LogP contribution is -2.25. The molecule has 1 heterocycles. The van der Waals surface area contributed by atoms with Gasteiger partial charge in [-0.25, -0.2) is 0 Å². The lowest BCUT2D eigenvalue weighted by molar-refractivity contribution is 0.102. The second-order valence-electron chi connectivity index (χ2n) is 5.51. The number of pyridine rings is 1. The van der Waals surface area contributed by atoms with Crippen LogP contribution in [0.2, 0.25) is 5.02 Å². The van der Waals surface area contributed by atoms with Crippen molar-refractivity contribution in [3.05, 3.63) is 62.5 Å². The van der Waals surface area contributed by atoms with Crippen molar-refractivity contribution in [2.75, 3.05) is 5.32 Å². The van der Waals surface area contributed by atoms with Crippen LogP contribution in [-0.2, 0) is 12.8 Å². The summed E-state index contributed by atoms with van der Waals surface area (Å²) in [4.78, 5) is 28.0. The van der Waals surface area contributed by atoms with Crippen LogP contribution < -0.4 is 10.7 Å². The van der Waals surface area contributed by atoms with Crippen molar-refractivity contribution in [3.63, 3.8) is 0 Å². The zero-order valence-electron chi connectivity index (χ0n) is 12.1. The summed E-state index contributed by atoms with van der Waals surface area (Å²) in [6, 6.07) is 6.80. The standard InChI is InChI=1S/C17H17ClN2O2/c18-11-6-8-12(9-7-11)20-17(22)14-10-19-15-5-3-1-2-4-13(15)16(14)21/h6-10H,1-5H2,(H,19,21)(H,20,22). The largest absolute Gasteiger partial charge is 0.364 e. The van der Waals surface area contributed by atoms with E-state index in [4.69, 9.17) is 11.6 Å². The number of aryl methyl sites for hydroxylation is 1. The summed E-state index contributed by atoms with van der Waals surface area (Å²) in [6.45, 7) is 0. The van der Waals surface area contributed by atoms with E-state index < -0.39 is 5.91 Å². The van der Waals surface area contributed by atoms with E-state index in [1.807, 2.05) is 0 Å². The number of benzene rings is 1. The summed E-state index contributed by atoms with van der Waals surface area (Å²) in [7, 11) is 0. The first-order valence-electron chi connectivity index (χ1n) is 7.45. The highest BCUT2D eigenvalue weighted by atomic mass is 35.5. The van der Waals surface area contributed by atoms with Crippen LogP contribution in [-0.4, -0.2) is 10.9 Å². The van der Waals surface area contributed by atoms with Gasteiger partial charge in [-0.15, -0.1) is 0 Å². The molecule has 1 aromatic heterocycles. The minimum atomic E-state index is -0.393. The summed E-state index contributed by atoms with van der Waals surface area (Å²) in [5.74, 6) is -0.393. The number of aromatic nitrogens is 1. The molecule has 0 fully saturated rings. The Labute approximate surface area is 133 Å². The maximum atomic E-state index is 12.6. The third kappa shape index (κ3) is 3.07. The fourth-order valence-electron chi connectivity index (χ4n) is 2.78. The number of halogens is 1. The minimum Gasteiger partial charge on any atom is -0.364 e. The maximum absolute atomic E-state index is 12.6. The Morgan fingerprint density at radius 2 is 1.82 bits per heavy atom. The summed E-state index contributed by atoms with van der Waals surface area (Å²) >= 11 is 5.82. The number of rotatable bonds is 2. The van der Waals surface area contributed by atoms with Gasteiger partial charge in [-0.1, -0.05) is 18.0 Å². The molecular formula is C17H17ClN2O2. The van der Waals surface area contributed by atoms with Crippen LogP contribution in [0.3, 0.4) is 0 Å². The topological polar surface area (TPSA) is 62.0 Å².